The molecule has 0 aromatic carbocycles. The van der Waals surface area contributed by atoms with Gasteiger partial charge in [-0.25, -0.2) is 9.90 Å². The maximum absolute atomic E-state index is 12.0. The molecule has 3 N–H and O–H groups in total. The number of hydrogen-bond acceptors (Lipinski definition) is 4. The van der Waals surface area contributed by atoms with Gasteiger partial charge in [0.05, 0.1) is 25.0 Å². The zero-order valence-corrected chi connectivity index (χ0v) is 18.2. The van der Waals surface area contributed by atoms with Gasteiger partial charge in [-0.1, -0.05) is 20.8 Å². The summed E-state index contributed by atoms with van der Waals surface area (Å²) in [6.07, 6.45) is 4.44. The van der Waals surface area contributed by atoms with Crippen molar-refractivity contribution in [1.82, 2.24) is 10.6 Å². The number of aliphatic carboxylic acids is 1. The van der Waals surface area contributed by atoms with Crippen molar-refractivity contribution in [3.05, 3.63) is 11.8 Å². The largest absolute Gasteiger partial charge is 0.501 e. The Balaban J connectivity index is 3.97. The minimum atomic E-state index is -1.03. The highest BCUT2D eigenvalue weighted by molar-refractivity contribution is 5.85. The van der Waals surface area contributed by atoms with Gasteiger partial charge < -0.3 is 20.5 Å². The van der Waals surface area contributed by atoms with Crippen LogP contribution < -0.4 is 10.6 Å². The Morgan fingerprint density at radius 1 is 1.10 bits per heavy atom. The molecule has 0 saturated carbocycles. The van der Waals surface area contributed by atoms with Gasteiger partial charge >= 0.3 is 5.97 Å². The van der Waals surface area contributed by atoms with E-state index in [0.29, 0.717) is 44.9 Å². The van der Waals surface area contributed by atoms with E-state index in [4.69, 9.17) is 9.84 Å². The Hall–Kier alpha value is -2.09. The minimum absolute atomic E-state index is 0.0566. The molecule has 0 fully saturated rings. The first-order valence-electron chi connectivity index (χ1n) is 10.2. The Kier molecular flexibility index (Phi) is 13.8. The highest BCUT2D eigenvalue weighted by Crippen LogP contribution is 2.26. The molecule has 8 heteroatoms. The van der Waals surface area contributed by atoms with Crippen molar-refractivity contribution < 1.29 is 29.3 Å². The number of carboxylic acids is 1. The molecule has 0 heterocycles. The molecule has 1 atom stereocenters. The maximum atomic E-state index is 12.0. The quantitative estimate of drug-likeness (QED) is 0.204. The first kappa shape index (κ1) is 26.9. The second kappa shape index (κ2) is 14.8. The van der Waals surface area contributed by atoms with Gasteiger partial charge in [-0.15, -0.1) is 0 Å². The molecule has 0 aromatic heterocycles. The smallest absolute Gasteiger partial charge is 0.334 e. The normalized spacial score (nSPS) is 12.9. The molecular weight excluding hydrogens is 376 g/mol. The van der Waals surface area contributed by atoms with Crippen LogP contribution in [-0.4, -0.2) is 49.2 Å². The summed E-state index contributed by atoms with van der Waals surface area (Å²) in [6, 6.07) is 0. The van der Waals surface area contributed by atoms with Crippen LogP contribution in [0.15, 0.2) is 11.8 Å². The lowest BCUT2D eigenvalue weighted by atomic mass is 9.82. The van der Waals surface area contributed by atoms with Gasteiger partial charge in [0.25, 0.3) is 0 Å². The van der Waals surface area contributed by atoms with Gasteiger partial charge in [-0.3, -0.25) is 9.59 Å². The highest BCUT2D eigenvalue weighted by atomic mass is 16.5. The molecule has 1 unspecified atom stereocenters. The molecule has 0 aliphatic rings. The third-order valence-corrected chi connectivity index (χ3v) is 4.44. The SMILES string of the molecule is CC(=COCCCC(=O)NCC(C)(C)CC(C)CCNC(=O)CCC[O])C(=O)O. The lowest BCUT2D eigenvalue weighted by Crippen LogP contribution is -2.35. The third-order valence-electron chi connectivity index (χ3n) is 4.44. The summed E-state index contributed by atoms with van der Waals surface area (Å²) in [7, 11) is 0. The highest BCUT2D eigenvalue weighted by Gasteiger charge is 2.22. The zero-order chi connectivity index (χ0) is 22.3. The summed E-state index contributed by atoms with van der Waals surface area (Å²) in [5.74, 6) is -0.767. The Bertz CT molecular complexity index is 545. The predicted molar refractivity (Wildman–Crippen MR) is 110 cm³/mol. The summed E-state index contributed by atoms with van der Waals surface area (Å²) in [5, 5.41) is 24.9. The Morgan fingerprint density at radius 2 is 1.72 bits per heavy atom. The van der Waals surface area contributed by atoms with Gasteiger partial charge in [0.1, 0.15) is 0 Å². The number of carbonyl (C=O) groups is 3. The van der Waals surface area contributed by atoms with Gasteiger partial charge in [0.2, 0.25) is 11.8 Å². The van der Waals surface area contributed by atoms with Crippen LogP contribution in [0.3, 0.4) is 0 Å². The van der Waals surface area contributed by atoms with Crippen molar-refractivity contribution in [2.75, 3.05) is 26.3 Å². The number of carbonyl (C=O) groups excluding carboxylic acids is 2. The minimum Gasteiger partial charge on any atom is -0.501 e. The lowest BCUT2D eigenvalue weighted by molar-refractivity contribution is -0.132. The third kappa shape index (κ3) is 15.5. The van der Waals surface area contributed by atoms with E-state index in [1.54, 1.807) is 0 Å². The summed E-state index contributed by atoms with van der Waals surface area (Å²) < 4.78 is 5.11. The van der Waals surface area contributed by atoms with Crippen LogP contribution >= 0.6 is 0 Å². The van der Waals surface area contributed by atoms with Gasteiger partial charge in [0, 0.05) is 25.9 Å². The fourth-order valence-electron chi connectivity index (χ4n) is 2.87. The number of carboxylic acid groups (broad SMARTS) is 1. The molecule has 0 bridgehead atoms. The lowest BCUT2D eigenvalue weighted by Gasteiger charge is -2.28. The average Bonchev–Trinajstić information content (AvgIpc) is 2.63. The van der Waals surface area contributed by atoms with E-state index in [0.717, 1.165) is 12.8 Å². The summed E-state index contributed by atoms with van der Waals surface area (Å²) in [4.78, 5) is 34.1. The van der Waals surface area contributed by atoms with Gasteiger partial charge in [0.15, 0.2) is 0 Å². The van der Waals surface area contributed by atoms with Crippen LogP contribution in [0, 0.1) is 11.3 Å². The standard InChI is InChI=1S/C21H37N2O6/c1-16(9-10-22-18(25)7-5-11-24)13-21(3,4)15-23-19(26)8-6-12-29-14-17(2)20(27)28/h14,16H,5-13,15H2,1-4H3,(H,22,25)(H,23,26)(H,27,28). The number of nitrogens with one attached hydrogen (secondary N) is 2. The Morgan fingerprint density at radius 3 is 2.34 bits per heavy atom. The monoisotopic (exact) mass is 413 g/mol. The predicted octanol–water partition coefficient (Wildman–Crippen LogP) is 2.66. The molecule has 8 nitrogen and oxygen atoms in total. The summed E-state index contributed by atoms with van der Waals surface area (Å²) >= 11 is 0. The van der Waals surface area contributed by atoms with Gasteiger partial charge in [-0.05, 0) is 43.9 Å². The average molecular weight is 414 g/mol. The Labute approximate surface area is 174 Å². The number of rotatable bonds is 16. The van der Waals surface area contributed by atoms with Crippen molar-refractivity contribution in [3.63, 3.8) is 0 Å². The van der Waals surface area contributed by atoms with Crippen LogP contribution in [-0.2, 0) is 24.2 Å². The molecule has 0 aliphatic carbocycles. The van der Waals surface area contributed by atoms with Crippen LogP contribution in [0.2, 0.25) is 0 Å². The van der Waals surface area contributed by atoms with Crippen molar-refractivity contribution >= 4 is 17.8 Å². The second-order valence-corrected chi connectivity index (χ2v) is 8.28. The van der Waals surface area contributed by atoms with Crippen molar-refractivity contribution in [3.8, 4) is 0 Å². The first-order valence-corrected chi connectivity index (χ1v) is 10.2. The van der Waals surface area contributed by atoms with E-state index in [1.807, 2.05) is 0 Å². The summed E-state index contributed by atoms with van der Waals surface area (Å²) in [6.45, 7) is 8.98. The van der Waals surface area contributed by atoms with E-state index in [-0.39, 0.29) is 35.8 Å². The molecule has 0 aromatic rings. The van der Waals surface area contributed by atoms with E-state index >= 15 is 0 Å². The molecule has 167 valence electrons. The molecule has 0 spiro atoms. The molecular formula is C21H37N2O6. The fraction of sp³-hybridized carbons (Fsp3) is 0.762. The van der Waals surface area contributed by atoms with Crippen LogP contribution in [0.4, 0.5) is 0 Å². The zero-order valence-electron chi connectivity index (χ0n) is 18.2. The van der Waals surface area contributed by atoms with E-state index in [9.17, 15) is 19.5 Å². The molecule has 1 radical (unpaired) electrons. The topological polar surface area (TPSA) is 125 Å². The molecule has 0 rings (SSSR count). The van der Waals surface area contributed by atoms with E-state index < -0.39 is 5.97 Å². The summed E-state index contributed by atoms with van der Waals surface area (Å²) in [5.41, 5.74) is 0.0480. The van der Waals surface area contributed by atoms with Crippen LogP contribution in [0.5, 0.6) is 0 Å². The van der Waals surface area contributed by atoms with E-state index in [2.05, 4.69) is 31.4 Å². The van der Waals surface area contributed by atoms with Crippen molar-refractivity contribution in [2.45, 2.75) is 66.2 Å². The number of amides is 2. The van der Waals surface area contributed by atoms with Crippen LogP contribution in [0.25, 0.3) is 0 Å². The maximum Gasteiger partial charge on any atom is 0.334 e. The first-order chi connectivity index (χ1) is 13.6. The van der Waals surface area contributed by atoms with E-state index in [1.165, 1.54) is 13.2 Å². The number of hydrogen-bond donors (Lipinski definition) is 3. The molecule has 0 aliphatic heterocycles. The van der Waals surface area contributed by atoms with Crippen LogP contribution in [0.1, 0.15) is 66.2 Å². The second-order valence-electron chi connectivity index (χ2n) is 8.28. The fourth-order valence-corrected chi connectivity index (χ4v) is 2.87. The van der Waals surface area contributed by atoms with Crippen molar-refractivity contribution in [2.24, 2.45) is 11.3 Å². The van der Waals surface area contributed by atoms with Gasteiger partial charge in [-0.2, -0.15) is 0 Å². The molecule has 29 heavy (non-hydrogen) atoms. The van der Waals surface area contributed by atoms with Crippen molar-refractivity contribution in [1.29, 1.82) is 0 Å². The molecule has 0 saturated heterocycles. The number of ether oxygens (including phenoxy) is 1. The molecule has 2 amide bonds.